The number of nitrogens with zero attached hydrogens (tertiary/aromatic N) is 2. The van der Waals surface area contributed by atoms with Crippen LogP contribution in [0.5, 0.6) is 0 Å². The van der Waals surface area contributed by atoms with Gasteiger partial charge in [0.05, 0.1) is 4.60 Å². The van der Waals surface area contributed by atoms with Crippen LogP contribution in [0.4, 0.5) is 0 Å². The zero-order valence-corrected chi connectivity index (χ0v) is 7.67. The summed E-state index contributed by atoms with van der Waals surface area (Å²) < 4.78 is 3.07. The molecule has 2 rings (SSSR count). The third kappa shape index (κ3) is 0.959. The molecule has 0 unspecified atom stereocenters. The van der Waals surface area contributed by atoms with Crippen LogP contribution in [0.2, 0.25) is 0 Å². The van der Waals surface area contributed by atoms with E-state index in [4.69, 9.17) is 0 Å². The van der Waals surface area contributed by atoms with Crippen LogP contribution in [0.1, 0.15) is 0 Å². The van der Waals surface area contributed by atoms with Crippen molar-refractivity contribution >= 4 is 27.0 Å². The SMILES string of the molecule is Cn1c(Br)cc2cccnc21. The van der Waals surface area contributed by atoms with Crippen LogP contribution in [0.25, 0.3) is 11.0 Å². The smallest absolute Gasteiger partial charge is 0.140 e. The average Bonchev–Trinajstić information content (AvgIpc) is 2.30. The molecular formula is C8H7BrN2. The van der Waals surface area contributed by atoms with Crippen molar-refractivity contribution in [3.63, 3.8) is 0 Å². The van der Waals surface area contributed by atoms with Crippen molar-refractivity contribution in [1.82, 2.24) is 9.55 Å². The standard InChI is InChI=1S/C8H7BrN2/c1-11-7(9)5-6-3-2-4-10-8(6)11/h2-5H,1H3. The maximum absolute atomic E-state index is 4.23. The number of aromatic nitrogens is 2. The molecule has 3 heteroatoms. The lowest BCUT2D eigenvalue weighted by Gasteiger charge is -1.93. The van der Waals surface area contributed by atoms with E-state index in [1.807, 2.05) is 23.7 Å². The lowest BCUT2D eigenvalue weighted by atomic mass is 10.3. The Bertz CT molecular complexity index is 392. The summed E-state index contributed by atoms with van der Waals surface area (Å²) in [4.78, 5) is 4.23. The predicted octanol–water partition coefficient (Wildman–Crippen LogP) is 2.34. The summed E-state index contributed by atoms with van der Waals surface area (Å²) in [6.45, 7) is 0. The van der Waals surface area contributed by atoms with Crippen LogP contribution in [0, 0.1) is 0 Å². The minimum atomic E-state index is 1.01. The van der Waals surface area contributed by atoms with E-state index in [1.54, 1.807) is 6.20 Å². The molecular weight excluding hydrogens is 204 g/mol. The molecule has 0 amide bonds. The van der Waals surface area contributed by atoms with Crippen molar-refractivity contribution in [2.75, 3.05) is 0 Å². The Morgan fingerprint density at radius 3 is 3.09 bits per heavy atom. The highest BCUT2D eigenvalue weighted by atomic mass is 79.9. The zero-order valence-electron chi connectivity index (χ0n) is 6.08. The quantitative estimate of drug-likeness (QED) is 0.653. The van der Waals surface area contributed by atoms with E-state index in [0.29, 0.717) is 0 Å². The van der Waals surface area contributed by atoms with Crippen LogP contribution in [-0.2, 0) is 7.05 Å². The summed E-state index contributed by atoms with van der Waals surface area (Å²) in [5.41, 5.74) is 1.01. The van der Waals surface area contributed by atoms with Gasteiger partial charge in [0.15, 0.2) is 0 Å². The largest absolute Gasteiger partial charge is 0.323 e. The topological polar surface area (TPSA) is 17.8 Å². The highest BCUT2D eigenvalue weighted by Gasteiger charge is 2.01. The molecule has 0 aromatic carbocycles. The molecule has 0 atom stereocenters. The summed E-state index contributed by atoms with van der Waals surface area (Å²) >= 11 is 3.43. The molecule has 0 saturated carbocycles. The second-order valence-electron chi connectivity index (χ2n) is 2.44. The maximum atomic E-state index is 4.23. The Morgan fingerprint density at radius 2 is 2.36 bits per heavy atom. The van der Waals surface area contributed by atoms with Gasteiger partial charge in [-0.25, -0.2) is 4.98 Å². The number of pyridine rings is 1. The van der Waals surface area contributed by atoms with Gasteiger partial charge < -0.3 is 4.57 Å². The van der Waals surface area contributed by atoms with Gasteiger partial charge in [-0.3, -0.25) is 0 Å². The monoisotopic (exact) mass is 210 g/mol. The molecule has 2 aromatic rings. The second-order valence-corrected chi connectivity index (χ2v) is 3.25. The van der Waals surface area contributed by atoms with E-state index in [1.165, 1.54) is 5.39 Å². The number of rotatable bonds is 0. The highest BCUT2D eigenvalue weighted by molar-refractivity contribution is 9.10. The van der Waals surface area contributed by atoms with Crippen molar-refractivity contribution in [1.29, 1.82) is 0 Å². The van der Waals surface area contributed by atoms with Crippen molar-refractivity contribution in [3.05, 3.63) is 29.0 Å². The fourth-order valence-corrected chi connectivity index (χ4v) is 1.54. The summed E-state index contributed by atoms with van der Waals surface area (Å²) in [5, 5.41) is 1.17. The van der Waals surface area contributed by atoms with Crippen molar-refractivity contribution in [2.45, 2.75) is 0 Å². The average molecular weight is 211 g/mol. The van der Waals surface area contributed by atoms with E-state index in [0.717, 1.165) is 10.3 Å². The first kappa shape index (κ1) is 6.85. The van der Waals surface area contributed by atoms with Crippen LogP contribution >= 0.6 is 15.9 Å². The molecule has 0 spiro atoms. The molecule has 0 fully saturated rings. The van der Waals surface area contributed by atoms with Gasteiger partial charge in [0.25, 0.3) is 0 Å². The number of hydrogen-bond acceptors (Lipinski definition) is 1. The minimum Gasteiger partial charge on any atom is -0.323 e. The molecule has 11 heavy (non-hydrogen) atoms. The van der Waals surface area contributed by atoms with Gasteiger partial charge in [0.1, 0.15) is 5.65 Å². The molecule has 56 valence electrons. The van der Waals surface area contributed by atoms with Gasteiger partial charge in [-0.15, -0.1) is 0 Å². The number of hydrogen-bond donors (Lipinski definition) is 0. The molecule has 0 radical (unpaired) electrons. The first-order valence-corrected chi connectivity index (χ1v) is 4.14. The minimum absolute atomic E-state index is 1.01. The van der Waals surface area contributed by atoms with Crippen molar-refractivity contribution in [3.8, 4) is 0 Å². The van der Waals surface area contributed by atoms with Gasteiger partial charge in [0, 0.05) is 18.6 Å². The zero-order chi connectivity index (χ0) is 7.84. The molecule has 0 saturated heterocycles. The summed E-state index contributed by atoms with van der Waals surface area (Å²) in [6.07, 6.45) is 1.80. The third-order valence-electron chi connectivity index (χ3n) is 1.73. The third-order valence-corrected chi connectivity index (χ3v) is 2.49. The van der Waals surface area contributed by atoms with Gasteiger partial charge in [0.2, 0.25) is 0 Å². The van der Waals surface area contributed by atoms with Gasteiger partial charge in [-0.2, -0.15) is 0 Å². The molecule has 0 aliphatic carbocycles. The molecule has 0 bridgehead atoms. The van der Waals surface area contributed by atoms with Crippen LogP contribution < -0.4 is 0 Å². The van der Waals surface area contributed by atoms with Gasteiger partial charge >= 0.3 is 0 Å². The Balaban J connectivity index is 2.92. The van der Waals surface area contributed by atoms with Crippen LogP contribution in [0.3, 0.4) is 0 Å². The van der Waals surface area contributed by atoms with E-state index in [-0.39, 0.29) is 0 Å². The first-order chi connectivity index (χ1) is 5.29. The maximum Gasteiger partial charge on any atom is 0.140 e. The molecule has 0 aliphatic rings. The van der Waals surface area contributed by atoms with Crippen molar-refractivity contribution in [2.24, 2.45) is 7.05 Å². The van der Waals surface area contributed by atoms with Gasteiger partial charge in [-0.05, 0) is 34.1 Å². The molecule has 2 aromatic heterocycles. The Morgan fingerprint density at radius 1 is 1.55 bits per heavy atom. The highest BCUT2D eigenvalue weighted by Crippen LogP contribution is 2.19. The van der Waals surface area contributed by atoms with E-state index in [9.17, 15) is 0 Å². The predicted molar refractivity (Wildman–Crippen MR) is 48.4 cm³/mol. The number of halogens is 1. The summed E-state index contributed by atoms with van der Waals surface area (Å²) in [7, 11) is 1.99. The van der Waals surface area contributed by atoms with E-state index >= 15 is 0 Å². The fraction of sp³-hybridized carbons (Fsp3) is 0.125. The van der Waals surface area contributed by atoms with Crippen molar-refractivity contribution < 1.29 is 0 Å². The lowest BCUT2D eigenvalue weighted by Crippen LogP contribution is -1.88. The molecule has 0 N–H and O–H groups in total. The fourth-order valence-electron chi connectivity index (χ4n) is 1.13. The summed E-state index contributed by atoms with van der Waals surface area (Å²) in [6, 6.07) is 6.05. The molecule has 2 nitrogen and oxygen atoms in total. The van der Waals surface area contributed by atoms with Crippen LogP contribution in [-0.4, -0.2) is 9.55 Å². The second kappa shape index (κ2) is 2.34. The first-order valence-electron chi connectivity index (χ1n) is 3.35. The number of aryl methyl sites for hydroxylation is 1. The van der Waals surface area contributed by atoms with E-state index in [2.05, 4.69) is 27.0 Å². The van der Waals surface area contributed by atoms with Crippen LogP contribution in [0.15, 0.2) is 29.0 Å². The Labute approximate surface area is 73.0 Å². The normalized spacial score (nSPS) is 10.7. The summed E-state index contributed by atoms with van der Waals surface area (Å²) in [5.74, 6) is 0. The Kier molecular flexibility index (Phi) is 1.46. The lowest BCUT2D eigenvalue weighted by molar-refractivity contribution is 0.922. The number of fused-ring (bicyclic) bond motifs is 1. The molecule has 2 heterocycles. The van der Waals surface area contributed by atoms with Gasteiger partial charge in [-0.1, -0.05) is 0 Å². The Hall–Kier alpha value is -0.830. The van der Waals surface area contributed by atoms with E-state index < -0.39 is 0 Å². The molecule has 0 aliphatic heterocycles.